The van der Waals surface area contributed by atoms with Crippen LogP contribution in [0.2, 0.25) is 39.3 Å². The topological polar surface area (TPSA) is 0 Å². The van der Waals surface area contributed by atoms with E-state index in [2.05, 4.69) is 75.7 Å². The second-order valence-corrected chi connectivity index (χ2v) is 17.0. The second kappa shape index (κ2) is 7.68. The molecule has 0 aromatic carbocycles. The molecule has 0 aromatic heterocycles. The fraction of sp³-hybridized carbons (Fsp3) is 0.500. The van der Waals surface area contributed by atoms with E-state index in [9.17, 15) is 0 Å². The van der Waals surface area contributed by atoms with E-state index in [1.165, 1.54) is 10.4 Å². The van der Waals surface area contributed by atoms with Crippen LogP contribution in [0.4, 0.5) is 0 Å². The van der Waals surface area contributed by atoms with Crippen molar-refractivity contribution in [3.8, 4) is 0 Å². The van der Waals surface area contributed by atoms with Crippen molar-refractivity contribution in [2.24, 2.45) is 0 Å². The van der Waals surface area contributed by atoms with Gasteiger partial charge in [-0.2, -0.15) is 12.2 Å². The first-order chi connectivity index (χ1) is 8.21. The van der Waals surface area contributed by atoms with Gasteiger partial charge in [0.2, 0.25) is 0 Å². The Balaban J connectivity index is 0.000000324. The van der Waals surface area contributed by atoms with Crippen molar-refractivity contribution in [3.05, 3.63) is 46.8 Å². The number of hydrogen-bond acceptors (Lipinski definition) is 0. The van der Waals surface area contributed by atoms with Crippen molar-refractivity contribution in [1.29, 1.82) is 0 Å². The predicted molar refractivity (Wildman–Crippen MR) is 87.7 cm³/mol. The van der Waals surface area contributed by atoms with Crippen molar-refractivity contribution in [1.82, 2.24) is 0 Å². The van der Waals surface area contributed by atoms with E-state index in [1.54, 1.807) is 0 Å². The van der Waals surface area contributed by atoms with Gasteiger partial charge in [0.05, 0.1) is 0 Å². The van der Waals surface area contributed by atoms with E-state index in [0.717, 1.165) is 12.8 Å². The fourth-order valence-electron chi connectivity index (χ4n) is 1.84. The molecule has 103 valence electrons. The minimum Gasteiger partial charge on any atom is -0.274 e. The molecule has 0 bridgehead atoms. The van der Waals surface area contributed by atoms with E-state index in [4.69, 9.17) is 0 Å². The molecule has 0 fully saturated rings. The summed E-state index contributed by atoms with van der Waals surface area (Å²) in [6.45, 7) is 14.1. The largest absolute Gasteiger partial charge is 2.00 e. The smallest absolute Gasteiger partial charge is 0.274 e. The molecule has 3 heteroatoms. The summed E-state index contributed by atoms with van der Waals surface area (Å²) >= 11 is 0. The van der Waals surface area contributed by atoms with Crippen LogP contribution in [0, 0.1) is 12.2 Å². The maximum absolute atomic E-state index is 3.36. The summed E-state index contributed by atoms with van der Waals surface area (Å²) in [5, 5.41) is 2.98. The molecule has 0 saturated heterocycles. The van der Waals surface area contributed by atoms with Crippen molar-refractivity contribution in [2.45, 2.75) is 52.1 Å². The standard InChI is InChI=1S/2C8H13Si.V/c2*1-9(2,3)8-6-4-5-7-8;/h2*4,6H,5H2,1-3H3;/q2*-1;+2. The third kappa shape index (κ3) is 6.80. The molecule has 1 radical (unpaired) electrons. The van der Waals surface area contributed by atoms with Gasteiger partial charge in [-0.25, -0.2) is 22.5 Å². The van der Waals surface area contributed by atoms with E-state index in [1.807, 2.05) is 0 Å². The van der Waals surface area contributed by atoms with E-state index in [-0.39, 0.29) is 18.6 Å². The second-order valence-electron chi connectivity index (χ2n) is 6.89. The van der Waals surface area contributed by atoms with Crippen LogP contribution >= 0.6 is 0 Å². The van der Waals surface area contributed by atoms with Gasteiger partial charge in [-0.15, -0.1) is 12.8 Å². The maximum Gasteiger partial charge on any atom is 2.00 e. The molecule has 2 aliphatic carbocycles. The van der Waals surface area contributed by atoms with Crippen LogP contribution in [0.3, 0.4) is 0 Å². The van der Waals surface area contributed by atoms with Crippen molar-refractivity contribution >= 4 is 16.1 Å². The van der Waals surface area contributed by atoms with Gasteiger partial charge in [0.25, 0.3) is 0 Å². The normalized spacial score (nSPS) is 17.4. The van der Waals surface area contributed by atoms with Crippen LogP contribution in [0.15, 0.2) is 34.7 Å². The van der Waals surface area contributed by atoms with Gasteiger partial charge in [0.15, 0.2) is 0 Å². The summed E-state index contributed by atoms with van der Waals surface area (Å²) in [7, 11) is -2.01. The average molecular weight is 326 g/mol. The minimum atomic E-state index is -1.01. The molecular formula is C16H26Si2V. The zero-order valence-electron chi connectivity index (χ0n) is 13.2. The summed E-state index contributed by atoms with van der Waals surface area (Å²) < 4.78 is 0. The first-order valence-corrected chi connectivity index (χ1v) is 13.8. The molecule has 2 aliphatic rings. The molecule has 0 unspecified atom stereocenters. The number of rotatable bonds is 2. The van der Waals surface area contributed by atoms with Crippen LogP contribution in [-0.4, -0.2) is 16.1 Å². The van der Waals surface area contributed by atoms with E-state index < -0.39 is 16.1 Å². The van der Waals surface area contributed by atoms with Gasteiger partial charge in [-0.1, -0.05) is 39.3 Å². The Bertz CT molecular complexity index is 361. The summed E-state index contributed by atoms with van der Waals surface area (Å²) in [5.74, 6) is 0. The van der Waals surface area contributed by atoms with Crippen molar-refractivity contribution < 1.29 is 18.6 Å². The third-order valence-corrected chi connectivity index (χ3v) is 6.92. The number of hydrogen-bond donors (Lipinski definition) is 0. The maximum atomic E-state index is 3.36. The molecule has 19 heavy (non-hydrogen) atoms. The minimum absolute atomic E-state index is 0. The molecule has 0 nitrogen and oxygen atoms in total. The molecule has 0 atom stereocenters. The van der Waals surface area contributed by atoms with Gasteiger partial charge in [0, 0.05) is 16.1 Å². The first-order valence-electron chi connectivity index (χ1n) is 6.77. The Hall–Kier alpha value is -0.0218. The van der Waals surface area contributed by atoms with Crippen LogP contribution in [0.25, 0.3) is 0 Å². The summed E-state index contributed by atoms with van der Waals surface area (Å²) in [6.07, 6.45) is 17.6. The molecule has 0 saturated carbocycles. The first kappa shape index (κ1) is 19.0. The quantitative estimate of drug-likeness (QED) is 0.489. The van der Waals surface area contributed by atoms with Crippen LogP contribution in [0.5, 0.6) is 0 Å². The van der Waals surface area contributed by atoms with Crippen molar-refractivity contribution in [3.63, 3.8) is 0 Å². The Morgan fingerprint density at radius 3 is 1.16 bits per heavy atom. The molecule has 0 aromatic rings. The molecular weight excluding hydrogens is 299 g/mol. The third-order valence-electron chi connectivity index (χ3n) is 3.01. The van der Waals surface area contributed by atoms with Gasteiger partial charge < -0.3 is 0 Å². The van der Waals surface area contributed by atoms with Gasteiger partial charge in [-0.05, 0) is 0 Å². The number of allylic oxidation sites excluding steroid dienone is 8. The fourth-order valence-corrected chi connectivity index (χ4v) is 4.34. The monoisotopic (exact) mass is 325 g/mol. The Kier molecular flexibility index (Phi) is 7.67. The van der Waals surface area contributed by atoms with E-state index in [0.29, 0.717) is 0 Å². The molecule has 0 spiro atoms. The molecule has 0 aliphatic heterocycles. The van der Waals surface area contributed by atoms with Crippen LogP contribution in [-0.2, 0) is 18.6 Å². The van der Waals surface area contributed by atoms with Gasteiger partial charge in [0.1, 0.15) is 0 Å². The Morgan fingerprint density at radius 1 is 0.737 bits per heavy atom. The Labute approximate surface area is 133 Å². The zero-order chi connectivity index (χ0) is 13.8. The van der Waals surface area contributed by atoms with E-state index >= 15 is 0 Å². The molecule has 0 heterocycles. The van der Waals surface area contributed by atoms with Crippen LogP contribution < -0.4 is 0 Å². The predicted octanol–water partition coefficient (Wildman–Crippen LogP) is 5.10. The average Bonchev–Trinajstić information content (AvgIpc) is 2.91. The summed E-state index contributed by atoms with van der Waals surface area (Å²) in [4.78, 5) is 0. The Morgan fingerprint density at radius 2 is 1.05 bits per heavy atom. The molecule has 0 N–H and O–H groups in total. The van der Waals surface area contributed by atoms with Gasteiger partial charge >= 0.3 is 18.6 Å². The van der Waals surface area contributed by atoms with Crippen LogP contribution in [0.1, 0.15) is 12.8 Å². The SMILES string of the molecule is C[Si](C)(C)C1=[C-]CC=C1.C[Si](C)(C)C1=[C-]CC=C1.[V+2]. The summed E-state index contributed by atoms with van der Waals surface area (Å²) in [6, 6.07) is 0. The summed E-state index contributed by atoms with van der Waals surface area (Å²) in [5.41, 5.74) is 0. The molecule has 2 rings (SSSR count). The molecule has 0 amide bonds. The zero-order valence-corrected chi connectivity index (χ0v) is 16.6. The van der Waals surface area contributed by atoms with Gasteiger partial charge in [-0.3, -0.25) is 12.2 Å². The van der Waals surface area contributed by atoms with Crippen molar-refractivity contribution in [2.75, 3.05) is 0 Å².